The zero-order chi connectivity index (χ0) is 10.4. The first-order valence-electron chi connectivity index (χ1n) is 6.46. The van der Waals surface area contributed by atoms with Gasteiger partial charge in [-0.25, -0.2) is 0 Å². The molecule has 1 saturated carbocycles. The third kappa shape index (κ3) is 4.74. The Morgan fingerprint density at radius 1 is 1.20 bits per heavy atom. The topological polar surface area (TPSA) is 12.0 Å². The fourth-order valence-electron chi connectivity index (χ4n) is 3.00. The van der Waals surface area contributed by atoms with E-state index in [0.717, 1.165) is 11.8 Å². The van der Waals surface area contributed by atoms with Crippen molar-refractivity contribution < 1.29 is 0 Å². The Bertz CT molecular complexity index is 143. The Morgan fingerprint density at radius 3 is 2.27 bits per heavy atom. The fourth-order valence-corrected chi connectivity index (χ4v) is 3.00. The maximum atomic E-state index is 3.45. The number of rotatable bonds is 5. The van der Waals surface area contributed by atoms with Gasteiger partial charge >= 0.3 is 0 Å². The molecule has 0 aliphatic heterocycles. The second kappa shape index (κ2) is 8.41. The molecule has 2 heteroatoms. The summed E-state index contributed by atoms with van der Waals surface area (Å²) in [6.45, 7) is 4.67. The third-order valence-electron chi connectivity index (χ3n) is 3.97. The molecular formula is C13H28ClN. The molecular weight excluding hydrogens is 206 g/mol. The zero-order valence-corrected chi connectivity index (χ0v) is 11.4. The molecule has 0 aromatic rings. The second-order valence-electron chi connectivity index (χ2n) is 4.93. The molecule has 1 N–H and O–H groups in total. The molecule has 0 bridgehead atoms. The Hall–Kier alpha value is 0.250. The Kier molecular flexibility index (Phi) is 8.55. The van der Waals surface area contributed by atoms with Crippen LogP contribution in [0.2, 0.25) is 0 Å². The standard InChI is InChI=1S/C13H27N.ClH/c1-4-8-13(11(2)14-3)12-9-6-5-7-10-12;/h11-14H,4-10H2,1-3H3;1H. The fraction of sp³-hybridized carbons (Fsp3) is 1.00. The first-order valence-corrected chi connectivity index (χ1v) is 6.46. The van der Waals surface area contributed by atoms with Gasteiger partial charge in [0.05, 0.1) is 0 Å². The summed E-state index contributed by atoms with van der Waals surface area (Å²) in [6.07, 6.45) is 10.1. The van der Waals surface area contributed by atoms with Crippen molar-refractivity contribution in [2.75, 3.05) is 7.05 Å². The lowest BCUT2D eigenvalue weighted by Crippen LogP contribution is -2.36. The highest BCUT2D eigenvalue weighted by Crippen LogP contribution is 2.34. The van der Waals surface area contributed by atoms with Crippen LogP contribution in [-0.2, 0) is 0 Å². The molecule has 0 radical (unpaired) electrons. The van der Waals surface area contributed by atoms with Crippen molar-refractivity contribution in [3.05, 3.63) is 0 Å². The monoisotopic (exact) mass is 233 g/mol. The molecule has 1 aliphatic rings. The maximum absolute atomic E-state index is 3.45. The summed E-state index contributed by atoms with van der Waals surface area (Å²) in [5.74, 6) is 1.93. The molecule has 92 valence electrons. The van der Waals surface area contributed by atoms with Gasteiger partial charge in [-0.3, -0.25) is 0 Å². The van der Waals surface area contributed by atoms with Gasteiger partial charge in [-0.2, -0.15) is 0 Å². The lowest BCUT2D eigenvalue weighted by Gasteiger charge is -2.34. The van der Waals surface area contributed by atoms with Crippen LogP contribution < -0.4 is 5.32 Å². The molecule has 1 fully saturated rings. The molecule has 15 heavy (non-hydrogen) atoms. The molecule has 1 aliphatic carbocycles. The molecule has 1 nitrogen and oxygen atoms in total. The van der Waals surface area contributed by atoms with Crippen molar-refractivity contribution in [3.8, 4) is 0 Å². The number of halogens is 1. The van der Waals surface area contributed by atoms with Gasteiger partial charge in [-0.05, 0) is 32.2 Å². The van der Waals surface area contributed by atoms with Gasteiger partial charge in [0.25, 0.3) is 0 Å². The predicted molar refractivity (Wildman–Crippen MR) is 70.7 cm³/mol. The van der Waals surface area contributed by atoms with Crippen LogP contribution in [0.4, 0.5) is 0 Å². The summed E-state index contributed by atoms with van der Waals surface area (Å²) in [5.41, 5.74) is 0. The molecule has 2 atom stereocenters. The third-order valence-corrected chi connectivity index (χ3v) is 3.97. The van der Waals surface area contributed by atoms with Gasteiger partial charge in [0.2, 0.25) is 0 Å². The van der Waals surface area contributed by atoms with E-state index in [4.69, 9.17) is 0 Å². The van der Waals surface area contributed by atoms with Crippen LogP contribution >= 0.6 is 12.4 Å². The summed E-state index contributed by atoms with van der Waals surface area (Å²) in [7, 11) is 2.11. The lowest BCUT2D eigenvalue weighted by molar-refractivity contribution is 0.195. The Balaban J connectivity index is 0.00000196. The molecule has 2 unspecified atom stereocenters. The van der Waals surface area contributed by atoms with E-state index in [1.165, 1.54) is 44.9 Å². The van der Waals surface area contributed by atoms with E-state index in [-0.39, 0.29) is 12.4 Å². The second-order valence-corrected chi connectivity index (χ2v) is 4.93. The van der Waals surface area contributed by atoms with Gasteiger partial charge in [-0.15, -0.1) is 12.4 Å². The first kappa shape index (κ1) is 15.2. The van der Waals surface area contributed by atoms with E-state index < -0.39 is 0 Å². The van der Waals surface area contributed by atoms with Crippen LogP contribution in [0.1, 0.15) is 58.8 Å². The predicted octanol–water partition coefficient (Wildman–Crippen LogP) is 4.01. The van der Waals surface area contributed by atoms with E-state index in [2.05, 4.69) is 26.2 Å². The van der Waals surface area contributed by atoms with E-state index in [9.17, 15) is 0 Å². The minimum absolute atomic E-state index is 0. The number of hydrogen-bond donors (Lipinski definition) is 1. The molecule has 0 saturated heterocycles. The molecule has 0 heterocycles. The average Bonchev–Trinajstić information content (AvgIpc) is 2.26. The SMILES string of the molecule is CCCC(C1CCCCC1)C(C)NC.Cl. The summed E-state index contributed by atoms with van der Waals surface area (Å²) in [5, 5.41) is 3.45. The summed E-state index contributed by atoms with van der Waals surface area (Å²) in [6, 6.07) is 0.707. The van der Waals surface area contributed by atoms with Crippen LogP contribution in [0.25, 0.3) is 0 Å². The lowest BCUT2D eigenvalue weighted by atomic mass is 9.75. The van der Waals surface area contributed by atoms with E-state index in [1.807, 2.05) is 0 Å². The number of hydrogen-bond acceptors (Lipinski definition) is 1. The largest absolute Gasteiger partial charge is 0.317 e. The Labute approximate surface area is 102 Å². The minimum Gasteiger partial charge on any atom is -0.317 e. The van der Waals surface area contributed by atoms with Crippen LogP contribution in [0.5, 0.6) is 0 Å². The molecule has 0 amide bonds. The highest BCUT2D eigenvalue weighted by Gasteiger charge is 2.26. The Morgan fingerprint density at radius 2 is 1.80 bits per heavy atom. The maximum Gasteiger partial charge on any atom is 0.00666 e. The summed E-state index contributed by atoms with van der Waals surface area (Å²) < 4.78 is 0. The van der Waals surface area contributed by atoms with E-state index in [1.54, 1.807) is 0 Å². The van der Waals surface area contributed by atoms with Gasteiger partial charge < -0.3 is 5.32 Å². The molecule has 1 rings (SSSR count). The van der Waals surface area contributed by atoms with Crippen molar-refractivity contribution in [3.63, 3.8) is 0 Å². The minimum atomic E-state index is 0. The summed E-state index contributed by atoms with van der Waals surface area (Å²) >= 11 is 0. The van der Waals surface area contributed by atoms with Crippen molar-refractivity contribution in [2.45, 2.75) is 64.8 Å². The van der Waals surface area contributed by atoms with Crippen LogP contribution in [-0.4, -0.2) is 13.1 Å². The smallest absolute Gasteiger partial charge is 0.00666 e. The van der Waals surface area contributed by atoms with Gasteiger partial charge in [0, 0.05) is 6.04 Å². The van der Waals surface area contributed by atoms with Crippen LogP contribution in [0.15, 0.2) is 0 Å². The quantitative estimate of drug-likeness (QED) is 0.757. The van der Waals surface area contributed by atoms with Gasteiger partial charge in [0.1, 0.15) is 0 Å². The van der Waals surface area contributed by atoms with Crippen LogP contribution in [0.3, 0.4) is 0 Å². The highest BCUT2D eigenvalue weighted by molar-refractivity contribution is 5.85. The van der Waals surface area contributed by atoms with Gasteiger partial charge in [0.15, 0.2) is 0 Å². The molecule has 0 aromatic heterocycles. The molecule has 0 aromatic carbocycles. The van der Waals surface area contributed by atoms with E-state index in [0.29, 0.717) is 6.04 Å². The molecule has 0 spiro atoms. The van der Waals surface area contributed by atoms with E-state index >= 15 is 0 Å². The highest BCUT2D eigenvalue weighted by atomic mass is 35.5. The zero-order valence-electron chi connectivity index (χ0n) is 10.6. The number of nitrogens with one attached hydrogen (secondary N) is 1. The van der Waals surface area contributed by atoms with Crippen molar-refractivity contribution >= 4 is 12.4 Å². The van der Waals surface area contributed by atoms with Crippen molar-refractivity contribution in [1.29, 1.82) is 0 Å². The van der Waals surface area contributed by atoms with Crippen LogP contribution in [0, 0.1) is 11.8 Å². The van der Waals surface area contributed by atoms with Gasteiger partial charge in [-0.1, -0.05) is 45.4 Å². The average molecular weight is 234 g/mol. The summed E-state index contributed by atoms with van der Waals surface area (Å²) in [4.78, 5) is 0. The first-order chi connectivity index (χ1) is 6.79. The van der Waals surface area contributed by atoms with Crippen molar-refractivity contribution in [1.82, 2.24) is 5.32 Å². The normalized spacial score (nSPS) is 21.8. The van der Waals surface area contributed by atoms with Crippen molar-refractivity contribution in [2.24, 2.45) is 11.8 Å².